The van der Waals surface area contributed by atoms with Crippen molar-refractivity contribution in [3.05, 3.63) is 83.1 Å². The average molecular weight is 528 g/mol. The third-order valence-corrected chi connectivity index (χ3v) is 10.2. The molecule has 0 amide bonds. The summed E-state index contributed by atoms with van der Waals surface area (Å²) in [5.74, 6) is -0.903. The summed E-state index contributed by atoms with van der Waals surface area (Å²) < 4.78 is 51.3. The van der Waals surface area contributed by atoms with Crippen molar-refractivity contribution in [3.63, 3.8) is 0 Å². The van der Waals surface area contributed by atoms with Crippen LogP contribution in [0.5, 0.6) is 5.88 Å². The van der Waals surface area contributed by atoms with E-state index in [2.05, 4.69) is 4.98 Å². The zero-order valence-electron chi connectivity index (χ0n) is 20.6. The minimum Gasteiger partial charge on any atom is -0.492 e. The van der Waals surface area contributed by atoms with Crippen LogP contribution in [0.25, 0.3) is 0 Å². The lowest BCUT2D eigenvalue weighted by Crippen LogP contribution is -2.45. The van der Waals surface area contributed by atoms with Crippen LogP contribution in [-0.2, 0) is 26.8 Å². The van der Waals surface area contributed by atoms with Crippen molar-refractivity contribution in [2.75, 3.05) is 13.2 Å². The number of aromatic hydroxyl groups is 1. The number of imidazole rings is 1. The molecule has 196 valence electrons. The molecule has 1 N–H and O–H groups in total. The molecule has 0 unspecified atom stereocenters. The van der Waals surface area contributed by atoms with E-state index in [0.717, 1.165) is 5.56 Å². The second kappa shape index (κ2) is 10.00. The fourth-order valence-electron chi connectivity index (χ4n) is 5.66. The third kappa shape index (κ3) is 4.47. The van der Waals surface area contributed by atoms with Gasteiger partial charge in [-0.05, 0) is 49.8 Å². The molecule has 3 aromatic rings. The van der Waals surface area contributed by atoms with Gasteiger partial charge in [-0.3, -0.25) is 4.79 Å². The van der Waals surface area contributed by atoms with Gasteiger partial charge in [0.2, 0.25) is 15.9 Å². The third-order valence-electron chi connectivity index (χ3n) is 7.79. The molecule has 2 fully saturated rings. The second-order valence-electron chi connectivity index (χ2n) is 9.81. The number of hydrogen-bond donors (Lipinski definition) is 1. The van der Waals surface area contributed by atoms with Crippen molar-refractivity contribution in [3.8, 4) is 5.88 Å². The summed E-state index contributed by atoms with van der Waals surface area (Å²) in [6.07, 6.45) is 4.04. The monoisotopic (exact) mass is 527 g/mol. The van der Waals surface area contributed by atoms with E-state index in [0.29, 0.717) is 50.7 Å². The number of rotatable bonds is 6. The Balaban J connectivity index is 1.48. The molecule has 1 aromatic heterocycles. The van der Waals surface area contributed by atoms with Gasteiger partial charge in [-0.1, -0.05) is 42.5 Å². The summed E-state index contributed by atoms with van der Waals surface area (Å²) >= 11 is 0. The van der Waals surface area contributed by atoms with Crippen LogP contribution < -0.4 is 0 Å². The minimum atomic E-state index is -3.70. The SMILES string of the molecule is C[C@H]1CC[C@H](c2ccccc2)S(=O)(=O)N1Cc1ccc(C2(n3cnc(O)c3C=O)CCOCC2)cc1F. The quantitative estimate of drug-likeness (QED) is 0.484. The molecule has 2 saturated heterocycles. The molecule has 0 radical (unpaired) electrons. The molecule has 5 rings (SSSR count). The van der Waals surface area contributed by atoms with Crippen LogP contribution in [0.4, 0.5) is 4.39 Å². The maximum absolute atomic E-state index is 15.6. The van der Waals surface area contributed by atoms with Gasteiger partial charge in [-0.25, -0.2) is 17.8 Å². The van der Waals surface area contributed by atoms with E-state index in [1.165, 1.54) is 16.7 Å². The lowest BCUT2D eigenvalue weighted by atomic mass is 9.81. The van der Waals surface area contributed by atoms with E-state index >= 15 is 4.39 Å². The van der Waals surface area contributed by atoms with Crippen LogP contribution >= 0.6 is 0 Å². The van der Waals surface area contributed by atoms with Gasteiger partial charge in [0.05, 0.1) is 5.54 Å². The number of hydrogen-bond acceptors (Lipinski definition) is 6. The molecule has 2 atom stereocenters. The lowest BCUT2D eigenvalue weighted by molar-refractivity contribution is 0.0376. The number of nitrogens with zero attached hydrogens (tertiary/aromatic N) is 3. The fourth-order valence-corrected chi connectivity index (χ4v) is 7.85. The van der Waals surface area contributed by atoms with E-state index in [9.17, 15) is 18.3 Å². The molecular formula is C27H30FN3O5S. The van der Waals surface area contributed by atoms with Crippen molar-refractivity contribution in [2.24, 2.45) is 0 Å². The first-order valence-corrected chi connectivity index (χ1v) is 13.9. The summed E-state index contributed by atoms with van der Waals surface area (Å²) in [7, 11) is -3.70. The van der Waals surface area contributed by atoms with Gasteiger partial charge in [-0.15, -0.1) is 0 Å². The standard InChI is InChI=1S/C27H30FN3O5S/c1-19-7-10-25(20-5-3-2-4-6-20)37(34,35)31(19)16-21-8-9-22(15-23(21)28)27(11-13-36-14-12-27)30-18-29-26(33)24(30)17-32/h2-6,8-9,15,17-19,25,33H,7,10-14,16H2,1H3/t19-,25+/m0/s1. The summed E-state index contributed by atoms with van der Waals surface area (Å²) in [5.41, 5.74) is 0.816. The molecule has 2 aliphatic rings. The number of aldehydes is 1. The van der Waals surface area contributed by atoms with Gasteiger partial charge in [0, 0.05) is 31.4 Å². The maximum Gasteiger partial charge on any atom is 0.240 e. The highest BCUT2D eigenvalue weighted by Gasteiger charge is 2.42. The molecule has 2 aromatic carbocycles. The van der Waals surface area contributed by atoms with Gasteiger partial charge in [-0.2, -0.15) is 4.31 Å². The highest BCUT2D eigenvalue weighted by molar-refractivity contribution is 7.89. The molecule has 8 nitrogen and oxygen atoms in total. The Kier molecular flexibility index (Phi) is 6.91. The largest absolute Gasteiger partial charge is 0.492 e. The van der Waals surface area contributed by atoms with Gasteiger partial charge in [0.25, 0.3) is 0 Å². The number of sulfonamides is 1. The van der Waals surface area contributed by atoms with Crippen molar-refractivity contribution >= 4 is 16.3 Å². The molecule has 0 aliphatic carbocycles. The first-order chi connectivity index (χ1) is 17.8. The normalized spacial score (nSPS) is 23.5. The Morgan fingerprint density at radius 3 is 2.57 bits per heavy atom. The van der Waals surface area contributed by atoms with Crippen molar-refractivity contribution < 1.29 is 27.4 Å². The zero-order chi connectivity index (χ0) is 26.2. The molecule has 3 heterocycles. The average Bonchev–Trinajstić information content (AvgIpc) is 3.28. The Labute approximate surface area is 215 Å². The zero-order valence-corrected chi connectivity index (χ0v) is 21.4. The Hall–Kier alpha value is -3.08. The molecule has 0 saturated carbocycles. The molecule has 37 heavy (non-hydrogen) atoms. The molecule has 10 heteroatoms. The second-order valence-corrected chi connectivity index (χ2v) is 11.9. The van der Waals surface area contributed by atoms with Crippen LogP contribution in [-0.4, -0.2) is 52.9 Å². The van der Waals surface area contributed by atoms with Gasteiger partial charge in [0.15, 0.2) is 6.29 Å². The summed E-state index contributed by atoms with van der Waals surface area (Å²) in [4.78, 5) is 15.6. The van der Waals surface area contributed by atoms with Crippen LogP contribution in [0, 0.1) is 5.82 Å². The molecular weight excluding hydrogens is 497 g/mol. The van der Waals surface area contributed by atoms with E-state index in [1.807, 2.05) is 37.3 Å². The predicted octanol–water partition coefficient (Wildman–Crippen LogP) is 4.15. The number of carbonyl (C=O) groups is 1. The number of benzene rings is 2. The number of aromatic nitrogens is 2. The fraction of sp³-hybridized carbons (Fsp3) is 0.407. The summed E-state index contributed by atoms with van der Waals surface area (Å²) in [6, 6.07) is 13.7. The smallest absolute Gasteiger partial charge is 0.240 e. The first-order valence-electron chi connectivity index (χ1n) is 12.4. The molecule has 0 spiro atoms. The topological polar surface area (TPSA) is 102 Å². The Morgan fingerprint density at radius 2 is 1.89 bits per heavy atom. The van der Waals surface area contributed by atoms with Gasteiger partial charge >= 0.3 is 0 Å². The summed E-state index contributed by atoms with van der Waals surface area (Å²) in [5, 5.41) is 9.39. The maximum atomic E-state index is 15.6. The predicted molar refractivity (Wildman–Crippen MR) is 135 cm³/mol. The van der Waals surface area contributed by atoms with Crippen molar-refractivity contribution in [2.45, 2.75) is 56.0 Å². The van der Waals surface area contributed by atoms with Gasteiger partial charge in [0.1, 0.15) is 23.1 Å². The molecule has 2 aliphatic heterocycles. The van der Waals surface area contributed by atoms with E-state index in [1.54, 1.807) is 16.7 Å². The molecule has 0 bridgehead atoms. The highest BCUT2D eigenvalue weighted by Crippen LogP contribution is 2.41. The van der Waals surface area contributed by atoms with Crippen LogP contribution in [0.15, 0.2) is 54.9 Å². The Bertz CT molecular complexity index is 1390. The van der Waals surface area contributed by atoms with Crippen molar-refractivity contribution in [1.82, 2.24) is 13.9 Å². The van der Waals surface area contributed by atoms with E-state index in [-0.39, 0.29) is 29.7 Å². The van der Waals surface area contributed by atoms with E-state index < -0.39 is 26.6 Å². The van der Waals surface area contributed by atoms with E-state index in [4.69, 9.17) is 4.74 Å². The number of ether oxygens (including phenoxy) is 1. The van der Waals surface area contributed by atoms with Gasteiger partial charge < -0.3 is 14.4 Å². The lowest BCUT2D eigenvalue weighted by Gasteiger charge is -2.40. The first kappa shape index (κ1) is 25.6. The Morgan fingerprint density at radius 1 is 1.16 bits per heavy atom. The van der Waals surface area contributed by atoms with Crippen LogP contribution in [0.2, 0.25) is 0 Å². The van der Waals surface area contributed by atoms with Crippen LogP contribution in [0.1, 0.15) is 65.0 Å². The highest BCUT2D eigenvalue weighted by atomic mass is 32.2. The number of halogens is 1. The van der Waals surface area contributed by atoms with Crippen LogP contribution in [0.3, 0.4) is 0 Å². The minimum absolute atomic E-state index is 0.0200. The van der Waals surface area contributed by atoms with Crippen molar-refractivity contribution in [1.29, 1.82) is 0 Å². The summed E-state index contributed by atoms with van der Waals surface area (Å²) in [6.45, 7) is 2.57. The number of carbonyl (C=O) groups excluding carboxylic acids is 1.